The van der Waals surface area contributed by atoms with E-state index < -0.39 is 106 Å². The number of hydrogen-bond donors (Lipinski definition) is 4. The maximum atomic E-state index is 11.5. The van der Waals surface area contributed by atoms with Crippen LogP contribution >= 0.6 is 15.9 Å². The van der Waals surface area contributed by atoms with Crippen LogP contribution in [0.1, 0.15) is 283 Å². The second-order valence-corrected chi connectivity index (χ2v) is 26.6. The standard InChI is InChI=1S/C17H24O6.C16H22O6.C12H14O4.C11H11BrO4.C11H13NO4.C8H6O6.C8H6O4/c1-5-7-9-23-15-11(4)12(16(18)19)14(22-8-6-2)10(3)13(15)17(20)21;1-5-7-21-13-9(3)12(16(19)20)14(22-8-6-2)10(4)11(13)15(17)18;1-5-6(2)10(12(15)16)8(4)7(3)9(5)11(13)14;2*1-4-5(2)8(11(15)16)9(12)6(3)7(4)10(13)14;9-5-1-3(7(11)12)6(10)2-4(5)8(13)14;9-7(10)5-1-2-6(4-3-5)8(11)12/h5-9H2,1-4H3,(H,18,19)(H,20,21);5-8H2,1-4H3,(H,17,18)(H,19,20);1-4H3,(H,13,14)(H,15,16);1-3H3,(H,13,14)(H,15,16);12H2,1-3H3,(H,13,14)(H,15,16);1-2,9-10H,(H,11,12)(H,13,14);1-4H,(H,9,10)(H,11,12)/p-13. The topological polar surface area (TPSA) is 662 Å². The van der Waals surface area contributed by atoms with E-state index in [9.17, 15) is 134 Å². The van der Waals surface area contributed by atoms with Crippen molar-refractivity contribution in [3.05, 3.63) is 197 Å². The van der Waals surface area contributed by atoms with Crippen molar-refractivity contribution in [3.63, 3.8) is 0 Å². The van der Waals surface area contributed by atoms with Crippen LogP contribution in [0.5, 0.6) is 34.5 Å². The maximum Gasteiger partial charge on any atom is 0.335 e. The van der Waals surface area contributed by atoms with Gasteiger partial charge in [0.15, 0.2) is 0 Å². The number of carbonyl (C=O) groups is 14. The highest BCUT2D eigenvalue weighted by Crippen LogP contribution is 2.41. The maximum absolute atomic E-state index is 11.5. The molecule has 0 bridgehead atoms. The summed E-state index contributed by atoms with van der Waals surface area (Å²) in [5.74, 6) is -21.2. The Hall–Kier alpha value is -13.8. The Kier molecular flexibility index (Phi) is 40.0. The summed E-state index contributed by atoms with van der Waals surface area (Å²) < 4.78 is 22.1. The zero-order valence-electron chi connectivity index (χ0n) is 67.8. The number of hydrogen-bond acceptors (Lipinski definition) is 32. The van der Waals surface area contributed by atoms with E-state index in [2.05, 4.69) is 15.9 Å². The normalized spacial score (nSPS) is 10.1. The number of anilines is 1. The molecule has 0 amide bonds. The summed E-state index contributed by atoms with van der Waals surface area (Å²) in [6.07, 6.45) is 3.54. The number of aromatic carboxylic acids is 14. The lowest BCUT2D eigenvalue weighted by Gasteiger charge is -2.24. The van der Waals surface area contributed by atoms with E-state index >= 15 is 0 Å². The highest BCUT2D eigenvalue weighted by molar-refractivity contribution is 9.10. The van der Waals surface area contributed by atoms with E-state index in [-0.39, 0.29) is 148 Å². The molecule has 36 heteroatoms. The summed E-state index contributed by atoms with van der Waals surface area (Å²) >= 11 is 3.07. The van der Waals surface area contributed by atoms with Crippen LogP contribution in [-0.4, -0.2) is 125 Å². The highest BCUT2D eigenvalue weighted by atomic mass is 79.9. The Morgan fingerprint density at radius 1 is 0.294 bits per heavy atom. The second-order valence-electron chi connectivity index (χ2n) is 25.8. The molecule has 0 aliphatic rings. The molecule has 0 spiro atoms. The number of unbranched alkanes of at least 4 members (excludes halogenated alkanes) is 1. The lowest BCUT2D eigenvalue weighted by atomic mass is 9.89. The van der Waals surface area contributed by atoms with Gasteiger partial charge < -0.3 is 159 Å². The van der Waals surface area contributed by atoms with Crippen LogP contribution in [0.25, 0.3) is 0 Å². The van der Waals surface area contributed by atoms with Crippen LogP contribution in [0.4, 0.5) is 5.69 Å². The van der Waals surface area contributed by atoms with Crippen molar-refractivity contribution >= 4 is 105 Å². The van der Waals surface area contributed by atoms with Gasteiger partial charge in [-0.2, -0.15) is 0 Å². The van der Waals surface area contributed by atoms with Crippen LogP contribution in [-0.2, 0) is 0 Å². The van der Waals surface area contributed by atoms with E-state index in [1.54, 1.807) is 34.6 Å². The van der Waals surface area contributed by atoms with Crippen molar-refractivity contribution in [3.8, 4) is 34.5 Å². The summed E-state index contributed by atoms with van der Waals surface area (Å²) in [7, 11) is 0. The van der Waals surface area contributed by atoms with Gasteiger partial charge in [0.1, 0.15) is 23.0 Å². The summed E-state index contributed by atoms with van der Waals surface area (Å²) in [6.45, 7) is 29.9. The molecule has 0 heterocycles. The van der Waals surface area contributed by atoms with E-state index in [1.807, 2.05) is 27.7 Å². The summed E-state index contributed by atoms with van der Waals surface area (Å²) in [5.41, 5.74) is 7.61. The molecular formula is C83H83BrNO34-13. The van der Waals surface area contributed by atoms with Crippen LogP contribution < -0.4 is 91.1 Å². The second kappa shape index (κ2) is 46.1. The lowest BCUT2D eigenvalue weighted by molar-refractivity contribution is -0.275. The fourth-order valence-electron chi connectivity index (χ4n) is 11.5. The van der Waals surface area contributed by atoms with E-state index in [4.69, 9.17) is 40.0 Å². The van der Waals surface area contributed by atoms with Gasteiger partial charge in [-0.25, -0.2) is 14.4 Å². The Morgan fingerprint density at radius 2 is 0.521 bits per heavy atom. The van der Waals surface area contributed by atoms with Crippen LogP contribution in [0.15, 0.2) is 40.9 Å². The van der Waals surface area contributed by atoms with Crippen molar-refractivity contribution in [2.75, 3.05) is 32.2 Å². The first kappa shape index (κ1) is 103. The zero-order valence-corrected chi connectivity index (χ0v) is 69.4. The number of carboxylic acids is 14. The van der Waals surface area contributed by atoms with Crippen molar-refractivity contribution in [1.82, 2.24) is 0 Å². The molecule has 7 rings (SSSR count). The number of benzene rings is 7. The molecule has 35 nitrogen and oxygen atoms in total. The van der Waals surface area contributed by atoms with Gasteiger partial charge in [0.05, 0.1) is 109 Å². The number of ether oxygens (including phenoxy) is 4. The van der Waals surface area contributed by atoms with Gasteiger partial charge in [-0.3, -0.25) is 0 Å². The number of carbonyl (C=O) groups excluding carboxylic acids is 11. The zero-order chi connectivity index (χ0) is 92.3. The molecule has 0 aliphatic carbocycles. The van der Waals surface area contributed by atoms with E-state index in [1.165, 1.54) is 86.6 Å². The third kappa shape index (κ3) is 25.8. The molecule has 0 radical (unpaired) electrons. The van der Waals surface area contributed by atoms with E-state index in [0.29, 0.717) is 88.1 Å². The quantitative estimate of drug-likeness (QED) is 0.0364. The predicted molar refractivity (Wildman–Crippen MR) is 399 cm³/mol. The molecule has 0 saturated carbocycles. The number of rotatable bonds is 27. The number of nitrogens with two attached hydrogens (primary N) is 1. The smallest absolute Gasteiger partial charge is 0.335 e. The Morgan fingerprint density at radius 3 is 0.748 bits per heavy atom. The minimum absolute atomic E-state index is 0.00222. The molecule has 7 aromatic rings. The van der Waals surface area contributed by atoms with Gasteiger partial charge in [-0.15, -0.1) is 0 Å². The van der Waals surface area contributed by atoms with Crippen molar-refractivity contribution in [1.29, 1.82) is 0 Å². The minimum Gasteiger partial charge on any atom is -0.872 e. The average molecular weight is 1720 g/mol. The summed E-state index contributed by atoms with van der Waals surface area (Å²) in [4.78, 5) is 153. The Balaban J connectivity index is 0.000000701. The number of nitrogen functional groups attached to an aromatic ring is 1. The molecule has 5 N–H and O–H groups in total. The van der Waals surface area contributed by atoms with Crippen molar-refractivity contribution in [2.45, 2.75) is 157 Å². The number of halogens is 1. The largest absolute Gasteiger partial charge is 0.872 e. The minimum atomic E-state index is -1.55. The van der Waals surface area contributed by atoms with Crippen LogP contribution in [0, 0.1) is 96.9 Å². The lowest BCUT2D eigenvalue weighted by Crippen LogP contribution is -2.29. The van der Waals surface area contributed by atoms with Gasteiger partial charge in [-0.05, 0) is 212 Å². The third-order valence-electron chi connectivity index (χ3n) is 18.0. The van der Waals surface area contributed by atoms with Gasteiger partial charge in [-0.1, -0.05) is 69.9 Å². The molecule has 0 unspecified atom stereocenters. The van der Waals surface area contributed by atoms with Crippen molar-refractivity contribution in [2.24, 2.45) is 0 Å². The number of carboxylic acid groups (broad SMARTS) is 14. The van der Waals surface area contributed by atoms with Gasteiger partial charge >= 0.3 is 17.9 Å². The molecule has 644 valence electrons. The van der Waals surface area contributed by atoms with Crippen molar-refractivity contribution < 1.29 is 168 Å². The first-order chi connectivity index (χ1) is 55.1. The molecule has 7 aromatic carbocycles. The summed E-state index contributed by atoms with van der Waals surface area (Å²) in [5, 5.41) is 169. The van der Waals surface area contributed by atoms with Gasteiger partial charge in [0.2, 0.25) is 0 Å². The highest BCUT2D eigenvalue weighted by Gasteiger charge is 2.27. The SMILES string of the molecule is CCCCOc1c(C)c(C(=O)[O-])c(OCCC)c(C)c1C(=O)[O-].CCCOc1c(C)c(C(=O)[O-])c(OCCC)c(C)c1C(=O)[O-].Cc1c(C)c(C(=O)[O-])c(Br)c(C)c1C(=O)[O-].Cc1c(C)c(C(=O)[O-])c(C)c(C)c1C(=O)[O-].Cc1c(C)c(C(=O)[O-])c(N)c(C)c1C(=O)[O-].O=C(O)c1cc([O-])c(C(=O)O)cc1[O-].O=C([O-])c1ccc(C(=O)O)cc1. The monoisotopic (exact) mass is 1720 g/mol. The molecule has 0 atom stereocenters. The van der Waals surface area contributed by atoms with Gasteiger partial charge in [0.25, 0.3) is 0 Å². The molecular weight excluding hydrogens is 1630 g/mol. The van der Waals surface area contributed by atoms with E-state index in [0.717, 1.165) is 12.8 Å². The first-order valence-electron chi connectivity index (χ1n) is 35.4. The predicted octanol–water partition coefficient (Wildman–Crippen LogP) is -0.746. The fraction of sp³-hybridized carbons (Fsp3) is 0.325. The van der Waals surface area contributed by atoms with Crippen LogP contribution in [0.3, 0.4) is 0 Å². The molecule has 119 heavy (non-hydrogen) atoms. The summed E-state index contributed by atoms with van der Waals surface area (Å²) in [6, 6.07) is 5.83. The van der Waals surface area contributed by atoms with Crippen LogP contribution in [0.2, 0.25) is 0 Å². The third-order valence-corrected chi connectivity index (χ3v) is 19.0. The molecule has 0 aromatic heterocycles. The Bertz CT molecular complexity index is 4560. The molecule has 0 aliphatic heterocycles. The Labute approximate surface area is 689 Å². The first-order valence-corrected chi connectivity index (χ1v) is 36.2. The fourth-order valence-corrected chi connectivity index (χ4v) is 12.2. The average Bonchev–Trinajstić information content (AvgIpc) is 0.774. The molecule has 0 saturated heterocycles. The molecule has 0 fully saturated rings. The van der Waals surface area contributed by atoms with Gasteiger partial charge in [0, 0.05) is 88.0 Å².